The fraction of sp³-hybridized carbons (Fsp3) is 0.579. The number of urea groups is 1. The zero-order chi connectivity index (χ0) is 17.9. The smallest absolute Gasteiger partial charge is 0.312 e. The van der Waals surface area contributed by atoms with Gasteiger partial charge in [0.05, 0.1) is 12.5 Å². The van der Waals surface area contributed by atoms with Crippen LogP contribution in [0.2, 0.25) is 0 Å². The van der Waals surface area contributed by atoms with Crippen LogP contribution < -0.4 is 16.4 Å². The molecule has 0 unspecified atom stereocenters. The molecule has 1 rings (SSSR count). The standard InChI is InChI=1S/C19H31N3O2/c1-4-6-9-15(5-2)13-21-18(23)12-17(22-19(20)24)16-10-7-8-14(3)11-16/h7-8,10-11,15,17H,4-6,9,12-13H2,1-3H3,(H,21,23)(H3,20,22,24)/t15-,17-/m0/s1. The van der Waals surface area contributed by atoms with Gasteiger partial charge in [0.1, 0.15) is 0 Å². The van der Waals surface area contributed by atoms with Crippen LogP contribution in [0.5, 0.6) is 0 Å². The molecular formula is C19H31N3O2. The van der Waals surface area contributed by atoms with E-state index in [9.17, 15) is 9.59 Å². The highest BCUT2D eigenvalue weighted by molar-refractivity contribution is 5.78. The van der Waals surface area contributed by atoms with Crippen molar-refractivity contribution >= 4 is 11.9 Å². The summed E-state index contributed by atoms with van der Waals surface area (Å²) < 4.78 is 0. The van der Waals surface area contributed by atoms with Crippen molar-refractivity contribution in [2.24, 2.45) is 11.7 Å². The van der Waals surface area contributed by atoms with E-state index in [2.05, 4.69) is 24.5 Å². The maximum absolute atomic E-state index is 12.3. The first-order chi connectivity index (χ1) is 11.5. The Hall–Kier alpha value is -2.04. The van der Waals surface area contributed by atoms with Crippen molar-refractivity contribution in [2.75, 3.05) is 6.54 Å². The largest absolute Gasteiger partial charge is 0.356 e. The van der Waals surface area contributed by atoms with Crippen molar-refractivity contribution in [3.8, 4) is 0 Å². The SMILES string of the molecule is CCCC[C@H](CC)CNC(=O)C[C@H](NC(N)=O)c1cccc(C)c1. The Morgan fingerprint density at radius 1 is 1.25 bits per heavy atom. The molecule has 3 amide bonds. The molecule has 0 saturated carbocycles. The summed E-state index contributed by atoms with van der Waals surface area (Å²) in [5.41, 5.74) is 7.23. The van der Waals surface area contributed by atoms with E-state index in [1.54, 1.807) is 0 Å². The van der Waals surface area contributed by atoms with E-state index < -0.39 is 12.1 Å². The third kappa shape index (κ3) is 7.49. The highest BCUT2D eigenvalue weighted by Crippen LogP contribution is 2.18. The average molecular weight is 333 g/mol. The van der Waals surface area contributed by atoms with E-state index in [-0.39, 0.29) is 12.3 Å². The molecule has 0 saturated heterocycles. The molecule has 134 valence electrons. The van der Waals surface area contributed by atoms with Crippen molar-refractivity contribution in [2.45, 2.75) is 58.9 Å². The van der Waals surface area contributed by atoms with Gasteiger partial charge in [-0.15, -0.1) is 0 Å². The van der Waals surface area contributed by atoms with Gasteiger partial charge < -0.3 is 16.4 Å². The molecule has 24 heavy (non-hydrogen) atoms. The lowest BCUT2D eigenvalue weighted by Crippen LogP contribution is -2.37. The zero-order valence-corrected chi connectivity index (χ0v) is 15.1. The predicted octanol–water partition coefficient (Wildman–Crippen LogP) is 3.43. The molecular weight excluding hydrogens is 302 g/mol. The number of rotatable bonds is 10. The second kappa shape index (κ2) is 10.7. The highest BCUT2D eigenvalue weighted by Gasteiger charge is 2.18. The summed E-state index contributed by atoms with van der Waals surface area (Å²) in [6.45, 7) is 6.99. The lowest BCUT2D eigenvalue weighted by Gasteiger charge is -2.20. The van der Waals surface area contributed by atoms with E-state index in [1.165, 1.54) is 12.8 Å². The molecule has 0 aliphatic heterocycles. The van der Waals surface area contributed by atoms with Crippen molar-refractivity contribution in [3.05, 3.63) is 35.4 Å². The van der Waals surface area contributed by atoms with Crippen LogP contribution in [0.25, 0.3) is 0 Å². The average Bonchev–Trinajstić information content (AvgIpc) is 2.54. The molecule has 0 spiro atoms. The van der Waals surface area contributed by atoms with Crippen LogP contribution in [0.15, 0.2) is 24.3 Å². The van der Waals surface area contributed by atoms with Crippen LogP contribution >= 0.6 is 0 Å². The molecule has 0 aromatic heterocycles. The van der Waals surface area contributed by atoms with Crippen LogP contribution in [0.4, 0.5) is 4.79 Å². The number of nitrogens with two attached hydrogens (primary N) is 1. The number of unbranched alkanes of at least 4 members (excludes halogenated alkanes) is 1. The molecule has 0 bridgehead atoms. The van der Waals surface area contributed by atoms with Gasteiger partial charge in [0.2, 0.25) is 5.91 Å². The van der Waals surface area contributed by atoms with Crippen LogP contribution in [0, 0.1) is 12.8 Å². The van der Waals surface area contributed by atoms with Crippen LogP contribution in [0.3, 0.4) is 0 Å². The lowest BCUT2D eigenvalue weighted by molar-refractivity contribution is -0.121. The van der Waals surface area contributed by atoms with Gasteiger partial charge in [-0.05, 0) is 24.8 Å². The van der Waals surface area contributed by atoms with Crippen molar-refractivity contribution in [1.82, 2.24) is 10.6 Å². The van der Waals surface area contributed by atoms with E-state index in [1.807, 2.05) is 31.2 Å². The Bertz CT molecular complexity index is 531. The first kappa shape index (κ1) is 20.0. The number of hydrogen-bond donors (Lipinski definition) is 3. The summed E-state index contributed by atoms with van der Waals surface area (Å²) in [6.07, 6.45) is 4.73. The minimum absolute atomic E-state index is 0.0646. The maximum Gasteiger partial charge on any atom is 0.312 e. The molecule has 0 radical (unpaired) electrons. The number of amides is 3. The molecule has 0 fully saturated rings. The molecule has 4 N–H and O–H groups in total. The van der Waals surface area contributed by atoms with Crippen molar-refractivity contribution < 1.29 is 9.59 Å². The minimum atomic E-state index is -0.622. The number of carbonyl (C=O) groups excluding carboxylic acids is 2. The van der Waals surface area contributed by atoms with Crippen molar-refractivity contribution in [3.63, 3.8) is 0 Å². The highest BCUT2D eigenvalue weighted by atomic mass is 16.2. The first-order valence-electron chi connectivity index (χ1n) is 8.85. The van der Waals surface area contributed by atoms with Crippen LogP contribution in [-0.2, 0) is 4.79 Å². The van der Waals surface area contributed by atoms with Gasteiger partial charge in [-0.3, -0.25) is 4.79 Å². The summed E-state index contributed by atoms with van der Waals surface area (Å²) in [4.78, 5) is 23.5. The molecule has 0 aliphatic rings. The molecule has 1 aromatic carbocycles. The fourth-order valence-corrected chi connectivity index (χ4v) is 2.77. The lowest BCUT2D eigenvalue weighted by atomic mass is 9.98. The molecule has 2 atom stereocenters. The molecule has 0 heterocycles. The number of carbonyl (C=O) groups is 2. The zero-order valence-electron chi connectivity index (χ0n) is 15.1. The van der Waals surface area contributed by atoms with E-state index in [0.717, 1.165) is 24.0 Å². The van der Waals surface area contributed by atoms with Gasteiger partial charge in [-0.2, -0.15) is 0 Å². The fourth-order valence-electron chi connectivity index (χ4n) is 2.77. The van der Waals surface area contributed by atoms with Crippen LogP contribution in [-0.4, -0.2) is 18.5 Å². The summed E-state index contributed by atoms with van der Waals surface area (Å²) in [7, 11) is 0. The Balaban J connectivity index is 2.62. The predicted molar refractivity (Wildman–Crippen MR) is 97.6 cm³/mol. The minimum Gasteiger partial charge on any atom is -0.356 e. The summed E-state index contributed by atoms with van der Waals surface area (Å²) in [6, 6.07) is 6.73. The van der Waals surface area contributed by atoms with E-state index in [4.69, 9.17) is 5.73 Å². The second-order valence-electron chi connectivity index (χ2n) is 6.40. The van der Waals surface area contributed by atoms with Gasteiger partial charge in [-0.1, -0.05) is 62.9 Å². The van der Waals surface area contributed by atoms with Gasteiger partial charge >= 0.3 is 6.03 Å². The number of aryl methyl sites for hydroxylation is 1. The van der Waals surface area contributed by atoms with Gasteiger partial charge in [0.25, 0.3) is 0 Å². The van der Waals surface area contributed by atoms with Gasteiger partial charge in [0.15, 0.2) is 0 Å². The maximum atomic E-state index is 12.3. The summed E-state index contributed by atoms with van der Waals surface area (Å²) in [5, 5.41) is 5.67. The normalized spacial score (nSPS) is 13.1. The monoisotopic (exact) mass is 333 g/mol. The van der Waals surface area contributed by atoms with Crippen molar-refractivity contribution in [1.29, 1.82) is 0 Å². The number of hydrogen-bond acceptors (Lipinski definition) is 2. The second-order valence-corrected chi connectivity index (χ2v) is 6.40. The Labute approximate surface area is 145 Å². The number of benzene rings is 1. The molecule has 1 aromatic rings. The molecule has 5 heteroatoms. The van der Waals surface area contributed by atoms with Gasteiger partial charge in [-0.25, -0.2) is 4.79 Å². The molecule has 5 nitrogen and oxygen atoms in total. The Morgan fingerprint density at radius 2 is 2.00 bits per heavy atom. The quantitative estimate of drug-likeness (QED) is 0.613. The van der Waals surface area contributed by atoms with E-state index in [0.29, 0.717) is 12.5 Å². The topological polar surface area (TPSA) is 84.2 Å². The van der Waals surface area contributed by atoms with Crippen LogP contribution in [0.1, 0.15) is 63.1 Å². The summed E-state index contributed by atoms with van der Waals surface area (Å²) in [5.74, 6) is 0.445. The van der Waals surface area contributed by atoms with Gasteiger partial charge in [0, 0.05) is 6.54 Å². The Morgan fingerprint density at radius 3 is 2.58 bits per heavy atom. The molecule has 0 aliphatic carbocycles. The number of primary amides is 1. The summed E-state index contributed by atoms with van der Waals surface area (Å²) >= 11 is 0. The first-order valence-corrected chi connectivity index (χ1v) is 8.85. The Kier molecular flexibility index (Phi) is 8.90. The number of nitrogens with one attached hydrogen (secondary N) is 2. The third-order valence-electron chi connectivity index (χ3n) is 4.28. The third-order valence-corrected chi connectivity index (χ3v) is 4.28. The van der Waals surface area contributed by atoms with E-state index >= 15 is 0 Å².